The molecule has 0 radical (unpaired) electrons. The molecule has 0 spiro atoms. The lowest BCUT2D eigenvalue weighted by Gasteiger charge is -2.27. The van der Waals surface area contributed by atoms with Gasteiger partial charge in [-0.05, 0) is 31.8 Å². The van der Waals surface area contributed by atoms with Crippen LogP contribution >= 0.6 is 0 Å². The average Bonchev–Trinajstić information content (AvgIpc) is 2.66. The first-order chi connectivity index (χ1) is 6.33. The van der Waals surface area contributed by atoms with E-state index in [4.69, 9.17) is 5.26 Å². The first kappa shape index (κ1) is 10.5. The van der Waals surface area contributed by atoms with E-state index < -0.39 is 0 Å². The standard InChI is InChI=1S/C11H20N2/c1-3-10(4-2)11(9-12)13-7-5-6-8-13/h10-11H,3-8H2,1-2H3. The second kappa shape index (κ2) is 5.24. The molecule has 1 unspecified atom stereocenters. The first-order valence-electron chi connectivity index (χ1n) is 5.47. The van der Waals surface area contributed by atoms with E-state index in [1.807, 2.05) is 0 Å². The minimum absolute atomic E-state index is 0.178. The third-order valence-electron chi connectivity index (χ3n) is 3.16. The van der Waals surface area contributed by atoms with E-state index in [1.165, 1.54) is 12.8 Å². The van der Waals surface area contributed by atoms with Gasteiger partial charge in [0, 0.05) is 0 Å². The van der Waals surface area contributed by atoms with Gasteiger partial charge in [-0.25, -0.2) is 0 Å². The van der Waals surface area contributed by atoms with Gasteiger partial charge >= 0.3 is 0 Å². The zero-order valence-corrected chi connectivity index (χ0v) is 8.79. The fraction of sp³-hybridized carbons (Fsp3) is 0.909. The molecule has 1 aliphatic rings. The highest BCUT2D eigenvalue weighted by Gasteiger charge is 2.26. The summed E-state index contributed by atoms with van der Waals surface area (Å²) in [5.74, 6) is 0.572. The molecule has 1 aliphatic heterocycles. The van der Waals surface area contributed by atoms with Crippen LogP contribution in [-0.2, 0) is 0 Å². The van der Waals surface area contributed by atoms with Gasteiger partial charge in [0.15, 0.2) is 0 Å². The average molecular weight is 180 g/mol. The van der Waals surface area contributed by atoms with Crippen LogP contribution in [0.4, 0.5) is 0 Å². The minimum Gasteiger partial charge on any atom is -0.288 e. The quantitative estimate of drug-likeness (QED) is 0.664. The summed E-state index contributed by atoms with van der Waals surface area (Å²) >= 11 is 0. The summed E-state index contributed by atoms with van der Waals surface area (Å²) in [6.45, 7) is 6.65. The second-order valence-corrected chi connectivity index (χ2v) is 3.89. The van der Waals surface area contributed by atoms with Crippen molar-refractivity contribution in [3.05, 3.63) is 0 Å². The van der Waals surface area contributed by atoms with Crippen LogP contribution in [0.5, 0.6) is 0 Å². The van der Waals surface area contributed by atoms with Crippen molar-refractivity contribution in [1.82, 2.24) is 4.90 Å². The van der Waals surface area contributed by atoms with Crippen LogP contribution in [0.25, 0.3) is 0 Å². The summed E-state index contributed by atoms with van der Waals surface area (Å²) in [6.07, 6.45) is 4.81. The lowest BCUT2D eigenvalue weighted by molar-refractivity contribution is 0.211. The van der Waals surface area contributed by atoms with Gasteiger partial charge in [-0.3, -0.25) is 4.90 Å². The second-order valence-electron chi connectivity index (χ2n) is 3.89. The van der Waals surface area contributed by atoms with Crippen LogP contribution in [-0.4, -0.2) is 24.0 Å². The van der Waals surface area contributed by atoms with Gasteiger partial charge in [-0.2, -0.15) is 5.26 Å². The molecule has 0 aromatic carbocycles. The monoisotopic (exact) mass is 180 g/mol. The summed E-state index contributed by atoms with van der Waals surface area (Å²) in [5.41, 5.74) is 0. The van der Waals surface area contributed by atoms with Gasteiger partial charge in [0.2, 0.25) is 0 Å². The van der Waals surface area contributed by atoms with Crippen molar-refractivity contribution < 1.29 is 0 Å². The van der Waals surface area contributed by atoms with E-state index in [9.17, 15) is 0 Å². The fourth-order valence-electron chi connectivity index (χ4n) is 2.24. The Balaban J connectivity index is 2.54. The Morgan fingerprint density at radius 2 is 1.77 bits per heavy atom. The molecular weight excluding hydrogens is 160 g/mol. The molecule has 0 amide bonds. The van der Waals surface area contributed by atoms with E-state index in [0.29, 0.717) is 5.92 Å². The Kier molecular flexibility index (Phi) is 4.24. The molecule has 1 atom stereocenters. The molecule has 1 saturated heterocycles. The summed E-state index contributed by atoms with van der Waals surface area (Å²) in [5, 5.41) is 9.13. The van der Waals surface area contributed by atoms with Crippen molar-refractivity contribution in [1.29, 1.82) is 5.26 Å². The van der Waals surface area contributed by atoms with Crippen LogP contribution in [0.15, 0.2) is 0 Å². The largest absolute Gasteiger partial charge is 0.288 e. The van der Waals surface area contributed by atoms with Crippen molar-refractivity contribution in [2.45, 2.75) is 45.6 Å². The van der Waals surface area contributed by atoms with Gasteiger partial charge in [-0.1, -0.05) is 26.7 Å². The number of nitrogens with zero attached hydrogens (tertiary/aromatic N) is 2. The van der Waals surface area contributed by atoms with Gasteiger partial charge in [0.05, 0.1) is 6.07 Å². The number of likely N-dealkylation sites (tertiary alicyclic amines) is 1. The van der Waals surface area contributed by atoms with Crippen molar-refractivity contribution in [3.8, 4) is 6.07 Å². The summed E-state index contributed by atoms with van der Waals surface area (Å²) in [4.78, 5) is 2.36. The number of hydrogen-bond donors (Lipinski definition) is 0. The fourth-order valence-corrected chi connectivity index (χ4v) is 2.24. The maximum absolute atomic E-state index is 9.13. The van der Waals surface area contributed by atoms with Crippen molar-refractivity contribution in [2.75, 3.05) is 13.1 Å². The molecule has 1 fully saturated rings. The van der Waals surface area contributed by atoms with E-state index in [0.717, 1.165) is 25.9 Å². The molecule has 0 saturated carbocycles. The van der Waals surface area contributed by atoms with Crippen LogP contribution in [0.1, 0.15) is 39.5 Å². The Hall–Kier alpha value is -0.550. The van der Waals surface area contributed by atoms with Gasteiger partial charge in [0.25, 0.3) is 0 Å². The van der Waals surface area contributed by atoms with Crippen LogP contribution in [0.3, 0.4) is 0 Å². The van der Waals surface area contributed by atoms with Crippen LogP contribution < -0.4 is 0 Å². The zero-order valence-electron chi connectivity index (χ0n) is 8.79. The molecule has 1 rings (SSSR count). The Morgan fingerprint density at radius 3 is 2.15 bits per heavy atom. The topological polar surface area (TPSA) is 27.0 Å². The predicted octanol–water partition coefficient (Wildman–Crippen LogP) is 2.41. The lowest BCUT2D eigenvalue weighted by atomic mass is 9.94. The highest BCUT2D eigenvalue weighted by molar-refractivity contribution is 4.97. The van der Waals surface area contributed by atoms with Crippen molar-refractivity contribution >= 4 is 0 Å². The third kappa shape index (κ3) is 2.45. The van der Waals surface area contributed by atoms with Gasteiger partial charge in [-0.15, -0.1) is 0 Å². The predicted molar refractivity (Wildman–Crippen MR) is 54.3 cm³/mol. The lowest BCUT2D eigenvalue weighted by Crippen LogP contribution is -2.37. The number of nitriles is 1. The Bertz CT molecular complexity index is 171. The number of hydrogen-bond acceptors (Lipinski definition) is 2. The third-order valence-corrected chi connectivity index (χ3v) is 3.16. The maximum atomic E-state index is 9.13. The van der Waals surface area contributed by atoms with Crippen molar-refractivity contribution in [3.63, 3.8) is 0 Å². The molecule has 74 valence electrons. The molecule has 2 nitrogen and oxygen atoms in total. The van der Waals surface area contributed by atoms with E-state index in [1.54, 1.807) is 0 Å². The normalized spacial score (nSPS) is 20.5. The molecule has 0 bridgehead atoms. The SMILES string of the molecule is CCC(CC)C(C#N)N1CCCC1. The molecule has 0 aromatic rings. The maximum Gasteiger partial charge on any atom is 0.101 e. The first-order valence-corrected chi connectivity index (χ1v) is 5.47. The van der Waals surface area contributed by atoms with E-state index in [2.05, 4.69) is 24.8 Å². The van der Waals surface area contributed by atoms with Gasteiger partial charge < -0.3 is 0 Å². The van der Waals surface area contributed by atoms with Gasteiger partial charge in [0.1, 0.15) is 6.04 Å². The molecule has 13 heavy (non-hydrogen) atoms. The molecular formula is C11H20N2. The van der Waals surface area contributed by atoms with Crippen LogP contribution in [0, 0.1) is 17.2 Å². The van der Waals surface area contributed by atoms with Crippen LogP contribution in [0.2, 0.25) is 0 Å². The van der Waals surface area contributed by atoms with E-state index in [-0.39, 0.29) is 6.04 Å². The molecule has 1 heterocycles. The zero-order chi connectivity index (χ0) is 9.68. The molecule has 0 aliphatic carbocycles. The Labute approximate surface area is 81.5 Å². The van der Waals surface area contributed by atoms with E-state index >= 15 is 0 Å². The summed E-state index contributed by atoms with van der Waals surface area (Å²) in [7, 11) is 0. The highest BCUT2D eigenvalue weighted by Crippen LogP contribution is 2.21. The van der Waals surface area contributed by atoms with Crippen molar-refractivity contribution in [2.24, 2.45) is 5.92 Å². The molecule has 0 N–H and O–H groups in total. The molecule has 2 heteroatoms. The minimum atomic E-state index is 0.178. The molecule has 0 aromatic heterocycles. The summed E-state index contributed by atoms with van der Waals surface area (Å²) in [6, 6.07) is 2.65. The Morgan fingerprint density at radius 1 is 1.23 bits per heavy atom. The highest BCUT2D eigenvalue weighted by atomic mass is 15.2. The smallest absolute Gasteiger partial charge is 0.101 e. The summed E-state index contributed by atoms with van der Waals surface area (Å²) < 4.78 is 0. The number of rotatable bonds is 4.